The van der Waals surface area contributed by atoms with Crippen LogP contribution in [0.2, 0.25) is 0 Å². The van der Waals surface area contributed by atoms with Crippen LogP contribution in [0.15, 0.2) is 18.2 Å². The Morgan fingerprint density at radius 2 is 2.29 bits per heavy atom. The number of ether oxygens (including phenoxy) is 2. The summed E-state index contributed by atoms with van der Waals surface area (Å²) in [5.41, 5.74) is 2.13. The normalized spacial score (nSPS) is 26.2. The fourth-order valence-electron chi connectivity index (χ4n) is 2.71. The summed E-state index contributed by atoms with van der Waals surface area (Å²) in [6.07, 6.45) is 1.67. The van der Waals surface area contributed by atoms with Crippen LogP contribution in [-0.4, -0.2) is 25.3 Å². The molecule has 0 aliphatic carbocycles. The summed E-state index contributed by atoms with van der Waals surface area (Å²) in [7, 11) is 1.65. The molecule has 0 saturated carbocycles. The highest BCUT2D eigenvalue weighted by atomic mass is 16.6. The molecule has 2 atom stereocenters. The molecule has 1 fully saturated rings. The molecular weight excluding hydrogens is 218 g/mol. The molecule has 17 heavy (non-hydrogen) atoms. The lowest BCUT2D eigenvalue weighted by Crippen LogP contribution is -2.39. The van der Waals surface area contributed by atoms with E-state index in [-0.39, 0.29) is 18.2 Å². The first-order chi connectivity index (χ1) is 8.20. The molecule has 1 aromatic carbocycles. The highest BCUT2D eigenvalue weighted by Crippen LogP contribution is 2.38. The van der Waals surface area contributed by atoms with Crippen molar-refractivity contribution in [2.45, 2.75) is 31.9 Å². The number of fused-ring (bicyclic) bond motifs is 3. The molecule has 0 aromatic heterocycles. The van der Waals surface area contributed by atoms with Gasteiger partial charge in [0.1, 0.15) is 11.9 Å². The van der Waals surface area contributed by atoms with E-state index in [0.717, 1.165) is 29.8 Å². The van der Waals surface area contributed by atoms with Crippen LogP contribution in [0.3, 0.4) is 0 Å². The Balaban J connectivity index is 2.04. The van der Waals surface area contributed by atoms with Gasteiger partial charge in [0.2, 0.25) is 0 Å². The molecular formula is C13H15NO3. The molecule has 90 valence electrons. The summed E-state index contributed by atoms with van der Waals surface area (Å²) in [4.78, 5) is 13.6. The topological polar surface area (TPSA) is 38.8 Å². The fraction of sp³-hybridized carbons (Fsp3) is 0.462. The molecule has 0 spiro atoms. The molecule has 4 heteroatoms. The minimum Gasteiger partial charge on any atom is -0.497 e. The molecule has 1 aromatic rings. The van der Waals surface area contributed by atoms with Gasteiger partial charge in [-0.05, 0) is 43.5 Å². The number of carbonyl (C=O) groups is 1. The second-order valence-corrected chi connectivity index (χ2v) is 4.56. The van der Waals surface area contributed by atoms with Crippen molar-refractivity contribution in [1.29, 1.82) is 0 Å². The van der Waals surface area contributed by atoms with Gasteiger partial charge in [0, 0.05) is 0 Å². The van der Waals surface area contributed by atoms with E-state index < -0.39 is 0 Å². The van der Waals surface area contributed by atoms with Crippen molar-refractivity contribution in [2.24, 2.45) is 0 Å². The maximum Gasteiger partial charge on any atom is 0.415 e. The zero-order chi connectivity index (χ0) is 12.0. The average Bonchev–Trinajstić information content (AvgIpc) is 2.64. The number of rotatable bonds is 1. The van der Waals surface area contributed by atoms with Gasteiger partial charge < -0.3 is 9.47 Å². The third kappa shape index (κ3) is 1.47. The van der Waals surface area contributed by atoms with Crippen molar-refractivity contribution in [1.82, 2.24) is 0 Å². The van der Waals surface area contributed by atoms with Crippen molar-refractivity contribution < 1.29 is 14.3 Å². The number of methoxy groups -OCH3 is 1. The molecule has 2 aliphatic rings. The van der Waals surface area contributed by atoms with Crippen LogP contribution in [0, 0.1) is 0 Å². The van der Waals surface area contributed by atoms with Crippen LogP contribution in [0.4, 0.5) is 10.5 Å². The Morgan fingerprint density at radius 1 is 1.47 bits per heavy atom. The summed E-state index contributed by atoms with van der Waals surface area (Å²) < 4.78 is 10.5. The standard InChI is InChI=1S/C13H15NO3/c1-8-11-5-3-9-7-10(16-2)4-6-12(9)14(11)13(15)17-8/h4,6-8,11H,3,5H2,1-2H3/t8-,11+/m0/s1. The summed E-state index contributed by atoms with van der Waals surface area (Å²) in [5, 5.41) is 0. The lowest BCUT2D eigenvalue weighted by Gasteiger charge is -2.30. The molecule has 0 unspecified atom stereocenters. The first-order valence-electron chi connectivity index (χ1n) is 5.87. The largest absolute Gasteiger partial charge is 0.497 e. The monoisotopic (exact) mass is 233 g/mol. The van der Waals surface area contributed by atoms with E-state index in [1.54, 1.807) is 12.0 Å². The molecule has 0 radical (unpaired) electrons. The summed E-state index contributed by atoms with van der Waals surface area (Å²) in [5.74, 6) is 0.836. The Labute approximate surface area is 100 Å². The number of cyclic esters (lactones) is 1. The molecule has 3 rings (SSSR count). The number of hydrogen-bond acceptors (Lipinski definition) is 3. The van der Waals surface area contributed by atoms with E-state index >= 15 is 0 Å². The van der Waals surface area contributed by atoms with Crippen LogP contribution < -0.4 is 9.64 Å². The van der Waals surface area contributed by atoms with Gasteiger partial charge in [0.25, 0.3) is 0 Å². The minimum absolute atomic E-state index is 0.0160. The molecule has 0 N–H and O–H groups in total. The highest BCUT2D eigenvalue weighted by molar-refractivity contribution is 5.92. The molecule has 2 heterocycles. The third-order valence-corrected chi connectivity index (χ3v) is 3.61. The van der Waals surface area contributed by atoms with Gasteiger partial charge in [-0.25, -0.2) is 4.79 Å². The average molecular weight is 233 g/mol. The minimum atomic E-state index is -0.228. The van der Waals surface area contributed by atoms with Gasteiger partial charge in [0.15, 0.2) is 0 Å². The van der Waals surface area contributed by atoms with Crippen molar-refractivity contribution in [3.63, 3.8) is 0 Å². The van der Waals surface area contributed by atoms with Crippen LogP contribution in [0.1, 0.15) is 18.9 Å². The Hall–Kier alpha value is -1.71. The number of anilines is 1. The quantitative estimate of drug-likeness (QED) is 0.747. The van der Waals surface area contributed by atoms with Crippen molar-refractivity contribution in [3.8, 4) is 5.75 Å². The number of aryl methyl sites for hydroxylation is 1. The van der Waals surface area contributed by atoms with Gasteiger partial charge in [-0.1, -0.05) is 0 Å². The SMILES string of the molecule is COc1ccc2c(c1)CC[C@@H]1[C@H](C)OC(=O)N21. The smallest absolute Gasteiger partial charge is 0.415 e. The summed E-state index contributed by atoms with van der Waals surface area (Å²) in [6, 6.07) is 6.02. The first kappa shape index (κ1) is 10.4. The predicted molar refractivity (Wildman–Crippen MR) is 63.5 cm³/mol. The summed E-state index contributed by atoms with van der Waals surface area (Å²) in [6.45, 7) is 1.96. The second kappa shape index (κ2) is 3.65. The maximum absolute atomic E-state index is 11.8. The van der Waals surface area contributed by atoms with Gasteiger partial charge >= 0.3 is 6.09 Å². The molecule has 2 aliphatic heterocycles. The van der Waals surface area contributed by atoms with Crippen molar-refractivity contribution >= 4 is 11.8 Å². The Morgan fingerprint density at radius 3 is 3.06 bits per heavy atom. The lowest BCUT2D eigenvalue weighted by atomic mass is 9.94. The van der Waals surface area contributed by atoms with Gasteiger partial charge in [-0.15, -0.1) is 0 Å². The van der Waals surface area contributed by atoms with Gasteiger partial charge in [-0.2, -0.15) is 0 Å². The predicted octanol–water partition coefficient (Wildman–Crippen LogP) is 2.36. The van der Waals surface area contributed by atoms with E-state index in [1.165, 1.54) is 0 Å². The van der Waals surface area contributed by atoms with Crippen molar-refractivity contribution in [3.05, 3.63) is 23.8 Å². The van der Waals surface area contributed by atoms with Crippen molar-refractivity contribution in [2.75, 3.05) is 12.0 Å². The van der Waals surface area contributed by atoms with Gasteiger partial charge in [0.05, 0.1) is 18.8 Å². The molecule has 4 nitrogen and oxygen atoms in total. The number of benzene rings is 1. The fourth-order valence-corrected chi connectivity index (χ4v) is 2.71. The number of carbonyl (C=O) groups excluding carboxylic acids is 1. The van der Waals surface area contributed by atoms with E-state index in [2.05, 4.69) is 0 Å². The molecule has 0 bridgehead atoms. The Kier molecular flexibility index (Phi) is 2.24. The first-order valence-corrected chi connectivity index (χ1v) is 5.87. The zero-order valence-corrected chi connectivity index (χ0v) is 9.97. The van der Waals surface area contributed by atoms with E-state index in [4.69, 9.17) is 9.47 Å². The third-order valence-electron chi connectivity index (χ3n) is 3.61. The Bertz CT molecular complexity index is 472. The number of nitrogens with zero attached hydrogens (tertiary/aromatic N) is 1. The number of hydrogen-bond donors (Lipinski definition) is 0. The van der Waals surface area contributed by atoms with Crippen LogP contribution >= 0.6 is 0 Å². The van der Waals surface area contributed by atoms with E-state index in [9.17, 15) is 4.79 Å². The molecule has 1 saturated heterocycles. The highest BCUT2D eigenvalue weighted by Gasteiger charge is 2.42. The second-order valence-electron chi connectivity index (χ2n) is 4.56. The maximum atomic E-state index is 11.8. The zero-order valence-electron chi connectivity index (χ0n) is 9.97. The number of amides is 1. The van der Waals surface area contributed by atoms with Crippen LogP contribution in [0.25, 0.3) is 0 Å². The molecule has 1 amide bonds. The summed E-state index contributed by atoms with van der Waals surface area (Å²) >= 11 is 0. The van der Waals surface area contributed by atoms with E-state index in [0.29, 0.717) is 0 Å². The van der Waals surface area contributed by atoms with E-state index in [1.807, 2.05) is 25.1 Å². The van der Waals surface area contributed by atoms with Crippen LogP contribution in [-0.2, 0) is 11.2 Å². The van der Waals surface area contributed by atoms with Crippen LogP contribution in [0.5, 0.6) is 5.75 Å². The van der Waals surface area contributed by atoms with Gasteiger partial charge in [-0.3, -0.25) is 4.90 Å². The lowest BCUT2D eigenvalue weighted by molar-refractivity contribution is 0.140.